The second kappa shape index (κ2) is 8.26. The molecule has 0 radical (unpaired) electrons. The molecule has 0 bridgehead atoms. The Morgan fingerprint density at radius 3 is 2.34 bits per heavy atom. The zero-order valence-corrected chi connectivity index (χ0v) is 17.5. The minimum Gasteiger partial charge on any atom is -0.507 e. The van der Waals surface area contributed by atoms with Crippen molar-refractivity contribution in [3.63, 3.8) is 0 Å². The highest BCUT2D eigenvalue weighted by atomic mass is 35.5. The lowest BCUT2D eigenvalue weighted by molar-refractivity contribution is -0.132. The summed E-state index contributed by atoms with van der Waals surface area (Å²) < 4.78 is 27.4. The molecule has 162 valence electrons. The molecule has 1 aliphatic rings. The first-order valence-electron chi connectivity index (χ1n) is 9.19. The van der Waals surface area contributed by atoms with E-state index in [0.717, 1.165) is 23.1 Å². The fourth-order valence-corrected chi connectivity index (χ4v) is 3.91. The first-order valence-corrected chi connectivity index (χ1v) is 9.95. The van der Waals surface area contributed by atoms with E-state index in [1.165, 1.54) is 30.3 Å². The number of halogens is 4. The molecule has 1 unspecified atom stereocenters. The number of ketones is 1. The molecule has 1 saturated heterocycles. The van der Waals surface area contributed by atoms with Gasteiger partial charge >= 0.3 is 0 Å². The number of aromatic hydroxyl groups is 1. The molecule has 1 heterocycles. The molecule has 3 aromatic carbocycles. The predicted octanol–water partition coefficient (Wildman–Crippen LogP) is 5.60. The van der Waals surface area contributed by atoms with Crippen LogP contribution in [-0.4, -0.2) is 21.9 Å². The third-order valence-corrected chi connectivity index (χ3v) is 5.55. The number of nitrogens with zero attached hydrogens (tertiary/aromatic N) is 1. The van der Waals surface area contributed by atoms with E-state index in [-0.39, 0.29) is 38.2 Å². The number of hydrogen-bond acceptors (Lipinski definition) is 4. The van der Waals surface area contributed by atoms with Crippen LogP contribution in [0.1, 0.15) is 17.2 Å². The summed E-state index contributed by atoms with van der Waals surface area (Å²) in [6.07, 6.45) is 0. The minimum atomic E-state index is -1.24. The van der Waals surface area contributed by atoms with Crippen LogP contribution in [0.2, 0.25) is 10.0 Å². The highest BCUT2D eigenvalue weighted by molar-refractivity contribution is 6.51. The van der Waals surface area contributed by atoms with E-state index in [1.54, 1.807) is 12.1 Å². The van der Waals surface area contributed by atoms with Crippen molar-refractivity contribution in [1.29, 1.82) is 0 Å². The van der Waals surface area contributed by atoms with Gasteiger partial charge in [0.05, 0.1) is 16.6 Å². The van der Waals surface area contributed by atoms with E-state index in [2.05, 4.69) is 0 Å². The summed E-state index contributed by atoms with van der Waals surface area (Å²) in [6.45, 7) is 0. The number of Topliss-reactive ketones (excluding diaryl/α,β-unsaturated/α-hetero) is 1. The summed E-state index contributed by atoms with van der Waals surface area (Å²) in [4.78, 5) is 26.9. The number of phenolic OH excluding ortho intramolecular Hbond substituents is 1. The lowest BCUT2D eigenvalue weighted by Gasteiger charge is -2.25. The van der Waals surface area contributed by atoms with Crippen LogP contribution in [0, 0.1) is 11.6 Å². The number of carbonyl (C=O) groups is 2. The van der Waals surface area contributed by atoms with E-state index < -0.39 is 35.1 Å². The number of rotatable bonds is 3. The van der Waals surface area contributed by atoms with Crippen molar-refractivity contribution in [3.8, 4) is 5.75 Å². The van der Waals surface area contributed by atoms with Crippen LogP contribution in [0.3, 0.4) is 0 Å². The Bertz CT molecular complexity index is 1310. The highest BCUT2D eigenvalue weighted by Crippen LogP contribution is 2.43. The number of hydrogen-bond donors (Lipinski definition) is 2. The number of benzene rings is 3. The van der Waals surface area contributed by atoms with Gasteiger partial charge in [0.1, 0.15) is 11.5 Å². The van der Waals surface area contributed by atoms with Gasteiger partial charge in [0, 0.05) is 22.3 Å². The van der Waals surface area contributed by atoms with E-state index in [9.17, 15) is 28.6 Å². The van der Waals surface area contributed by atoms with E-state index in [0.29, 0.717) is 0 Å². The Morgan fingerprint density at radius 1 is 0.938 bits per heavy atom. The van der Waals surface area contributed by atoms with Gasteiger partial charge in [0.25, 0.3) is 11.7 Å². The van der Waals surface area contributed by atoms with Gasteiger partial charge in [-0.15, -0.1) is 0 Å². The molecular weight excluding hydrogens is 463 g/mol. The molecule has 0 aromatic heterocycles. The fourth-order valence-electron chi connectivity index (χ4n) is 3.53. The van der Waals surface area contributed by atoms with Crippen molar-refractivity contribution in [2.45, 2.75) is 6.04 Å². The van der Waals surface area contributed by atoms with E-state index >= 15 is 0 Å². The molecule has 0 spiro atoms. The van der Waals surface area contributed by atoms with E-state index in [1.807, 2.05) is 0 Å². The van der Waals surface area contributed by atoms with Crippen LogP contribution in [0.4, 0.5) is 14.5 Å². The smallest absolute Gasteiger partial charge is 0.300 e. The molecule has 3 aromatic rings. The predicted molar refractivity (Wildman–Crippen MR) is 116 cm³/mol. The number of phenols is 1. The summed E-state index contributed by atoms with van der Waals surface area (Å²) in [5.74, 6) is -5.20. The van der Waals surface area contributed by atoms with Crippen molar-refractivity contribution >= 4 is 46.3 Å². The van der Waals surface area contributed by atoms with Gasteiger partial charge in [-0.05, 0) is 42.0 Å². The molecule has 1 amide bonds. The molecule has 1 aliphatic heterocycles. The van der Waals surface area contributed by atoms with Gasteiger partial charge in [-0.1, -0.05) is 41.4 Å². The summed E-state index contributed by atoms with van der Waals surface area (Å²) in [7, 11) is 0. The van der Waals surface area contributed by atoms with Crippen LogP contribution in [0.5, 0.6) is 5.75 Å². The lowest BCUT2D eigenvalue weighted by atomic mass is 9.95. The maximum absolute atomic E-state index is 13.9. The zero-order valence-electron chi connectivity index (χ0n) is 16.0. The van der Waals surface area contributed by atoms with Crippen molar-refractivity contribution in [1.82, 2.24) is 0 Å². The fraction of sp³-hybridized carbons (Fsp3) is 0.0435. The number of aliphatic hydroxyl groups is 1. The Kier molecular flexibility index (Phi) is 5.62. The number of anilines is 1. The van der Waals surface area contributed by atoms with Crippen LogP contribution >= 0.6 is 23.2 Å². The molecule has 0 aliphatic carbocycles. The molecule has 4 rings (SSSR count). The average molecular weight is 476 g/mol. The van der Waals surface area contributed by atoms with Gasteiger partial charge in [-0.3, -0.25) is 14.5 Å². The topological polar surface area (TPSA) is 77.8 Å². The van der Waals surface area contributed by atoms with Crippen molar-refractivity contribution in [2.24, 2.45) is 0 Å². The maximum atomic E-state index is 13.9. The highest BCUT2D eigenvalue weighted by Gasteiger charge is 2.47. The Morgan fingerprint density at radius 2 is 1.69 bits per heavy atom. The Labute approximate surface area is 190 Å². The van der Waals surface area contributed by atoms with Crippen LogP contribution in [0.15, 0.2) is 66.2 Å². The average Bonchev–Trinajstić information content (AvgIpc) is 3.02. The van der Waals surface area contributed by atoms with Gasteiger partial charge in [0.15, 0.2) is 11.6 Å². The normalized spacial score (nSPS) is 17.8. The SMILES string of the molecule is O=C1C(=O)N(c2ccc(F)c(F)c2)C(c2ccc(O)c(Cl)c2)/C1=C(\O)c1cccc(Cl)c1. The second-order valence-corrected chi connectivity index (χ2v) is 7.83. The van der Waals surface area contributed by atoms with Gasteiger partial charge in [-0.25, -0.2) is 8.78 Å². The van der Waals surface area contributed by atoms with E-state index in [4.69, 9.17) is 23.2 Å². The molecule has 9 heteroatoms. The number of carbonyl (C=O) groups excluding carboxylic acids is 2. The summed E-state index contributed by atoms with van der Waals surface area (Å²) in [5, 5.41) is 21.0. The first-order chi connectivity index (χ1) is 15.2. The number of amides is 1. The standard InChI is InChI=1S/C23H13Cl2F2NO4/c24-13-3-1-2-12(8-13)21(30)19-20(11-4-7-18(29)15(25)9-11)28(23(32)22(19)31)14-5-6-16(26)17(27)10-14/h1-10,20,29-30H/b21-19+. The summed E-state index contributed by atoms with van der Waals surface area (Å²) >= 11 is 12.0. The maximum Gasteiger partial charge on any atom is 0.300 e. The van der Waals surface area contributed by atoms with Crippen LogP contribution < -0.4 is 4.90 Å². The number of aliphatic hydroxyl groups excluding tert-OH is 1. The third kappa shape index (κ3) is 3.70. The first kappa shape index (κ1) is 21.8. The van der Waals surface area contributed by atoms with Crippen molar-refractivity contribution in [3.05, 3.63) is 99.0 Å². The Balaban J connectivity index is 1.98. The Hall–Kier alpha value is -3.42. The quantitative estimate of drug-likeness (QED) is 0.293. The molecule has 1 fully saturated rings. The molecular formula is C23H13Cl2F2NO4. The van der Waals surface area contributed by atoms with Gasteiger partial charge in [0.2, 0.25) is 0 Å². The monoisotopic (exact) mass is 475 g/mol. The zero-order chi connectivity index (χ0) is 23.2. The third-order valence-electron chi connectivity index (χ3n) is 5.01. The molecule has 0 saturated carbocycles. The molecule has 5 nitrogen and oxygen atoms in total. The van der Waals surface area contributed by atoms with Crippen molar-refractivity contribution < 1.29 is 28.6 Å². The molecule has 1 atom stereocenters. The summed E-state index contributed by atoms with van der Waals surface area (Å²) in [5.41, 5.74) is 0.0186. The van der Waals surface area contributed by atoms with Gasteiger partial charge < -0.3 is 10.2 Å². The molecule has 2 N–H and O–H groups in total. The van der Waals surface area contributed by atoms with Crippen molar-refractivity contribution in [2.75, 3.05) is 4.90 Å². The largest absolute Gasteiger partial charge is 0.507 e. The van der Waals surface area contributed by atoms with Gasteiger partial charge in [-0.2, -0.15) is 0 Å². The summed E-state index contributed by atoms with van der Waals surface area (Å²) in [6, 6.07) is 11.5. The minimum absolute atomic E-state index is 0.0684. The van der Waals surface area contributed by atoms with Crippen LogP contribution in [0.25, 0.3) is 5.76 Å². The second-order valence-electron chi connectivity index (χ2n) is 6.99. The molecule has 32 heavy (non-hydrogen) atoms. The van der Waals surface area contributed by atoms with Crippen LogP contribution in [-0.2, 0) is 9.59 Å². The lowest BCUT2D eigenvalue weighted by Crippen LogP contribution is -2.29.